The Morgan fingerprint density at radius 1 is 0.392 bits per heavy atom. The molecule has 0 aliphatic heterocycles. The van der Waals surface area contributed by atoms with Gasteiger partial charge in [-0.25, -0.2) is 4.57 Å². The van der Waals surface area contributed by atoms with Gasteiger partial charge in [0.1, 0.15) is 19.8 Å². The van der Waals surface area contributed by atoms with Crippen molar-refractivity contribution >= 4 is 19.8 Å². The van der Waals surface area contributed by atoms with Gasteiger partial charge in [0.15, 0.2) is 6.10 Å². The second kappa shape index (κ2) is 60.3. The number of ether oxygens (including phenoxy) is 2. The zero-order chi connectivity index (χ0) is 57.7. The van der Waals surface area contributed by atoms with Crippen molar-refractivity contribution < 1.29 is 42.1 Å². The van der Waals surface area contributed by atoms with Crippen LogP contribution in [-0.4, -0.2) is 74.9 Å². The molecule has 9 nitrogen and oxygen atoms in total. The molecule has 2 unspecified atom stereocenters. The first-order valence-electron chi connectivity index (χ1n) is 33.5. The van der Waals surface area contributed by atoms with Crippen molar-refractivity contribution in [2.45, 2.75) is 322 Å². The van der Waals surface area contributed by atoms with Crippen molar-refractivity contribution in [1.82, 2.24) is 0 Å². The lowest BCUT2D eigenvalue weighted by Crippen LogP contribution is -2.37. The van der Waals surface area contributed by atoms with Crippen molar-refractivity contribution in [2.24, 2.45) is 0 Å². The highest BCUT2D eigenvalue weighted by Crippen LogP contribution is 2.43. The summed E-state index contributed by atoms with van der Waals surface area (Å²) >= 11 is 0. The number of esters is 2. The number of unbranched alkanes of at least 4 members (excludes halogenated alkanes) is 38. The number of nitrogens with zero attached hydrogens (tertiary/aromatic N) is 1. The lowest BCUT2D eigenvalue weighted by molar-refractivity contribution is -0.870. The number of likely N-dealkylation sites (N-methyl/N-ethyl adjacent to an activating group) is 1. The van der Waals surface area contributed by atoms with Gasteiger partial charge in [0.2, 0.25) is 0 Å². The molecular formula is C69H129NO8P+. The Morgan fingerprint density at radius 2 is 0.684 bits per heavy atom. The van der Waals surface area contributed by atoms with Crippen molar-refractivity contribution in [2.75, 3.05) is 47.5 Å². The summed E-state index contributed by atoms with van der Waals surface area (Å²) in [5, 5.41) is 0. The van der Waals surface area contributed by atoms with E-state index < -0.39 is 26.5 Å². The van der Waals surface area contributed by atoms with Gasteiger partial charge in [-0.3, -0.25) is 18.6 Å². The Bertz CT molecular complexity index is 1520. The maximum Gasteiger partial charge on any atom is 0.472 e. The maximum absolute atomic E-state index is 12.9. The molecule has 0 saturated carbocycles. The highest BCUT2D eigenvalue weighted by Gasteiger charge is 2.27. The molecule has 0 aliphatic rings. The molecule has 0 rings (SSSR count). The van der Waals surface area contributed by atoms with Gasteiger partial charge in [-0.1, -0.05) is 280 Å². The normalized spacial score (nSPS) is 13.5. The number of hydrogen-bond donors (Lipinski definition) is 1. The van der Waals surface area contributed by atoms with E-state index in [-0.39, 0.29) is 32.0 Å². The molecule has 10 heteroatoms. The number of phosphoric acid groups is 1. The Balaban J connectivity index is 3.97. The number of rotatable bonds is 62. The molecule has 0 aliphatic carbocycles. The Labute approximate surface area is 489 Å². The van der Waals surface area contributed by atoms with Crippen LogP contribution in [0, 0.1) is 0 Å². The summed E-state index contributed by atoms with van der Waals surface area (Å²) in [4.78, 5) is 35.8. The molecule has 0 saturated heterocycles. The summed E-state index contributed by atoms with van der Waals surface area (Å²) in [6, 6.07) is 0. The van der Waals surface area contributed by atoms with Crippen LogP contribution in [0.15, 0.2) is 60.8 Å². The molecule has 1 N–H and O–H groups in total. The van der Waals surface area contributed by atoms with Gasteiger partial charge in [-0.2, -0.15) is 0 Å². The first kappa shape index (κ1) is 76.7. The fraction of sp³-hybridized carbons (Fsp3) is 0.826. The van der Waals surface area contributed by atoms with E-state index in [1.54, 1.807) is 0 Å². The Hall–Kier alpha value is -2.29. The lowest BCUT2D eigenvalue weighted by Gasteiger charge is -2.24. The van der Waals surface area contributed by atoms with Crippen LogP contribution in [-0.2, 0) is 32.7 Å². The second-order valence-electron chi connectivity index (χ2n) is 23.9. The first-order chi connectivity index (χ1) is 38.5. The van der Waals surface area contributed by atoms with Crippen LogP contribution < -0.4 is 0 Å². The van der Waals surface area contributed by atoms with Crippen molar-refractivity contribution in [3.63, 3.8) is 0 Å². The van der Waals surface area contributed by atoms with E-state index in [9.17, 15) is 19.0 Å². The molecule has 0 amide bonds. The van der Waals surface area contributed by atoms with E-state index in [2.05, 4.69) is 74.6 Å². The number of allylic oxidation sites excluding steroid dienone is 10. The van der Waals surface area contributed by atoms with E-state index in [0.29, 0.717) is 17.4 Å². The highest BCUT2D eigenvalue weighted by atomic mass is 31.2. The molecule has 462 valence electrons. The molecule has 0 bridgehead atoms. The van der Waals surface area contributed by atoms with E-state index >= 15 is 0 Å². The molecule has 0 fully saturated rings. The van der Waals surface area contributed by atoms with Crippen LogP contribution in [0.4, 0.5) is 0 Å². The minimum Gasteiger partial charge on any atom is -0.462 e. The molecule has 0 aromatic heterocycles. The van der Waals surface area contributed by atoms with Gasteiger partial charge in [0.25, 0.3) is 0 Å². The summed E-state index contributed by atoms with van der Waals surface area (Å²) in [6.45, 7) is 4.43. The zero-order valence-electron chi connectivity index (χ0n) is 52.6. The minimum atomic E-state index is -4.39. The van der Waals surface area contributed by atoms with E-state index in [4.69, 9.17) is 18.5 Å². The summed E-state index contributed by atoms with van der Waals surface area (Å²) in [6.07, 6.45) is 78.9. The third-order valence-corrected chi connectivity index (χ3v) is 15.8. The molecule has 0 aromatic rings. The third kappa shape index (κ3) is 64.7. The lowest BCUT2D eigenvalue weighted by atomic mass is 10.0. The number of quaternary nitrogens is 1. The van der Waals surface area contributed by atoms with Gasteiger partial charge in [0, 0.05) is 12.8 Å². The monoisotopic (exact) mass is 1130 g/mol. The van der Waals surface area contributed by atoms with Crippen LogP contribution in [0.3, 0.4) is 0 Å². The van der Waals surface area contributed by atoms with Crippen molar-refractivity contribution in [1.29, 1.82) is 0 Å². The fourth-order valence-electron chi connectivity index (χ4n) is 9.59. The average molecular weight is 1130 g/mol. The fourth-order valence-corrected chi connectivity index (χ4v) is 10.3. The average Bonchev–Trinajstić information content (AvgIpc) is 3.41. The van der Waals surface area contributed by atoms with Crippen LogP contribution in [0.25, 0.3) is 0 Å². The smallest absolute Gasteiger partial charge is 0.462 e. The topological polar surface area (TPSA) is 108 Å². The number of carbonyl (C=O) groups excluding carboxylic acids is 2. The number of carbonyl (C=O) groups is 2. The van der Waals surface area contributed by atoms with E-state index in [0.717, 1.165) is 64.2 Å². The summed E-state index contributed by atoms with van der Waals surface area (Å²) in [5.74, 6) is -0.794. The Kier molecular flexibility index (Phi) is 58.6. The van der Waals surface area contributed by atoms with Gasteiger partial charge < -0.3 is 18.9 Å². The van der Waals surface area contributed by atoms with Crippen LogP contribution in [0.2, 0.25) is 0 Å². The van der Waals surface area contributed by atoms with Crippen LogP contribution >= 0.6 is 7.82 Å². The summed E-state index contributed by atoms with van der Waals surface area (Å²) in [5.41, 5.74) is 0. The third-order valence-electron chi connectivity index (χ3n) is 14.8. The van der Waals surface area contributed by atoms with Gasteiger partial charge in [-0.15, -0.1) is 0 Å². The quantitative estimate of drug-likeness (QED) is 0.0211. The number of hydrogen-bond acceptors (Lipinski definition) is 7. The van der Waals surface area contributed by atoms with Gasteiger partial charge in [-0.05, 0) is 83.5 Å². The summed E-state index contributed by atoms with van der Waals surface area (Å²) < 4.78 is 34.6. The molecule has 0 radical (unpaired) electrons. The molecule has 2 atom stereocenters. The Morgan fingerprint density at radius 3 is 1.03 bits per heavy atom. The van der Waals surface area contributed by atoms with Crippen molar-refractivity contribution in [3.8, 4) is 0 Å². The minimum absolute atomic E-state index is 0.0307. The molecule has 0 heterocycles. The largest absolute Gasteiger partial charge is 0.472 e. The molecule has 79 heavy (non-hydrogen) atoms. The van der Waals surface area contributed by atoms with Crippen LogP contribution in [0.5, 0.6) is 0 Å². The molecular weight excluding hydrogens is 1000 g/mol. The predicted molar refractivity (Wildman–Crippen MR) is 340 cm³/mol. The highest BCUT2D eigenvalue weighted by molar-refractivity contribution is 7.47. The van der Waals surface area contributed by atoms with Crippen molar-refractivity contribution in [3.05, 3.63) is 60.8 Å². The SMILES string of the molecule is CCCCCC/C=C\C/C=C\CCCCCCCCCC(=O)OCC(COP(=O)(O)OCC[N+](C)(C)C)OC(=O)CCCCCCCCCCCCCCCCCCCCCCCC/C=C\C/C=C\C/C=C\CCCCCCC. The standard InChI is InChI=1S/C69H128NO8P/c1-6-8-10-12-14-16-18-20-22-24-26-27-28-29-30-31-32-33-34-35-36-37-38-39-40-41-42-43-44-46-48-50-52-54-56-58-60-62-69(72)78-67(66-77-79(73,74)76-64-63-70(3,4)5)65-75-68(71)61-59-57-55-53-51-49-47-45-25-23-21-19-17-15-13-11-9-7-2/h17-20,23-26,28-29,67H,6-16,21-22,27,30-66H2,1-5H3/p+1/b19-17-,20-18-,25-23-,26-24-,29-28-. The van der Waals surface area contributed by atoms with Gasteiger partial charge in [0.05, 0.1) is 27.7 Å². The van der Waals surface area contributed by atoms with Crippen LogP contribution in [0.1, 0.15) is 316 Å². The van der Waals surface area contributed by atoms with E-state index in [1.807, 2.05) is 21.1 Å². The molecule has 0 spiro atoms. The zero-order valence-corrected chi connectivity index (χ0v) is 53.5. The maximum atomic E-state index is 12.9. The second-order valence-corrected chi connectivity index (χ2v) is 25.3. The van der Waals surface area contributed by atoms with Gasteiger partial charge >= 0.3 is 19.8 Å². The molecule has 0 aromatic carbocycles. The van der Waals surface area contributed by atoms with E-state index in [1.165, 1.54) is 218 Å². The predicted octanol–water partition coefficient (Wildman–Crippen LogP) is 21.4. The summed E-state index contributed by atoms with van der Waals surface area (Å²) in [7, 11) is 1.48. The number of phosphoric ester groups is 1. The first-order valence-corrected chi connectivity index (χ1v) is 35.0.